The molecule has 2 aromatic heterocycles. The van der Waals surface area contributed by atoms with Crippen LogP contribution < -0.4 is 4.90 Å². The highest BCUT2D eigenvalue weighted by Crippen LogP contribution is 2.32. The molecule has 130 valence electrons. The molecule has 2 aromatic rings. The Morgan fingerprint density at radius 3 is 2.68 bits per heavy atom. The number of carbonyl (C=O) groups is 1. The van der Waals surface area contributed by atoms with Crippen LogP contribution in [0.4, 0.5) is 5.00 Å². The number of hydrogen-bond acceptors (Lipinski definition) is 6. The van der Waals surface area contributed by atoms with E-state index < -0.39 is 0 Å². The maximum Gasteiger partial charge on any atom is 0.245 e. The lowest BCUT2D eigenvalue weighted by Gasteiger charge is -2.37. The van der Waals surface area contributed by atoms with Crippen molar-refractivity contribution in [1.29, 1.82) is 5.26 Å². The second kappa shape index (κ2) is 7.26. The molecular formula is C18H20N4OS2. The van der Waals surface area contributed by atoms with E-state index in [0.29, 0.717) is 12.1 Å². The van der Waals surface area contributed by atoms with Crippen molar-refractivity contribution in [1.82, 2.24) is 9.80 Å². The van der Waals surface area contributed by atoms with Gasteiger partial charge in [0.15, 0.2) is 0 Å². The van der Waals surface area contributed by atoms with Crippen molar-refractivity contribution in [3.63, 3.8) is 0 Å². The van der Waals surface area contributed by atoms with Crippen LogP contribution in [0.1, 0.15) is 16.9 Å². The number of hydrogen-bond donors (Lipinski definition) is 0. The van der Waals surface area contributed by atoms with Gasteiger partial charge in [-0.1, -0.05) is 6.07 Å². The molecule has 5 nitrogen and oxygen atoms in total. The van der Waals surface area contributed by atoms with Gasteiger partial charge in [-0.3, -0.25) is 14.6 Å². The molecule has 0 bridgehead atoms. The highest BCUT2D eigenvalue weighted by molar-refractivity contribution is 7.14. The zero-order chi connectivity index (χ0) is 17.2. The van der Waals surface area contributed by atoms with Crippen molar-refractivity contribution in [2.24, 2.45) is 0 Å². The molecule has 7 heteroatoms. The summed E-state index contributed by atoms with van der Waals surface area (Å²) >= 11 is 3.29. The minimum atomic E-state index is -0.0301. The van der Waals surface area contributed by atoms with Gasteiger partial charge in [0, 0.05) is 44.1 Å². The fourth-order valence-electron chi connectivity index (χ4n) is 3.66. The molecule has 1 amide bonds. The van der Waals surface area contributed by atoms with Gasteiger partial charge in [-0.05, 0) is 29.3 Å². The Morgan fingerprint density at radius 2 is 1.96 bits per heavy atom. The quantitative estimate of drug-likeness (QED) is 0.828. The van der Waals surface area contributed by atoms with Crippen LogP contribution in [-0.2, 0) is 11.3 Å². The molecule has 4 heterocycles. The van der Waals surface area contributed by atoms with Crippen LogP contribution in [0.2, 0.25) is 0 Å². The third kappa shape index (κ3) is 3.35. The Hall–Kier alpha value is -1.72. The summed E-state index contributed by atoms with van der Waals surface area (Å²) in [5.74, 6) is 0.158. The first-order valence-corrected chi connectivity index (χ1v) is 10.3. The van der Waals surface area contributed by atoms with E-state index in [1.807, 2.05) is 10.3 Å². The van der Waals surface area contributed by atoms with Crippen molar-refractivity contribution < 1.29 is 4.79 Å². The minimum absolute atomic E-state index is 0.0301. The van der Waals surface area contributed by atoms with E-state index in [2.05, 4.69) is 33.4 Å². The van der Waals surface area contributed by atoms with E-state index in [9.17, 15) is 10.1 Å². The summed E-state index contributed by atoms with van der Waals surface area (Å²) in [6, 6.07) is 8.24. The molecule has 1 atom stereocenters. The second-order valence-electron chi connectivity index (χ2n) is 6.44. The average Bonchev–Trinajstić information content (AvgIpc) is 3.36. The first-order valence-electron chi connectivity index (χ1n) is 8.54. The summed E-state index contributed by atoms with van der Waals surface area (Å²) in [6.07, 6.45) is 0.854. The van der Waals surface area contributed by atoms with E-state index in [0.717, 1.165) is 44.1 Å². The van der Waals surface area contributed by atoms with Crippen LogP contribution in [0, 0.1) is 11.3 Å². The predicted octanol–water partition coefficient (Wildman–Crippen LogP) is 2.60. The smallest absolute Gasteiger partial charge is 0.245 e. The zero-order valence-electron chi connectivity index (χ0n) is 13.9. The molecule has 0 aliphatic carbocycles. The average molecular weight is 373 g/mol. The molecule has 2 saturated heterocycles. The molecule has 2 fully saturated rings. The Labute approximate surface area is 155 Å². The van der Waals surface area contributed by atoms with Crippen LogP contribution in [0.25, 0.3) is 0 Å². The Balaban J connectivity index is 1.36. The van der Waals surface area contributed by atoms with Crippen molar-refractivity contribution in [2.75, 3.05) is 37.6 Å². The minimum Gasteiger partial charge on any atom is -0.301 e. The lowest BCUT2D eigenvalue weighted by atomic mass is 10.2. The number of nitriles is 1. The van der Waals surface area contributed by atoms with Crippen molar-refractivity contribution in [3.05, 3.63) is 39.4 Å². The molecule has 1 unspecified atom stereocenters. The second-order valence-corrected chi connectivity index (χ2v) is 8.36. The fourth-order valence-corrected chi connectivity index (χ4v) is 5.29. The van der Waals surface area contributed by atoms with E-state index in [1.54, 1.807) is 17.4 Å². The standard InChI is InChI=1S/C18H20N4OS2/c19-12-14-4-11-25-18(14)22-5-3-16(17(22)23)21-8-6-20(7-9-21)13-15-2-1-10-24-15/h1-2,4,10-11,16H,3,5-9,13H2. The van der Waals surface area contributed by atoms with Gasteiger partial charge in [0.1, 0.15) is 11.1 Å². The highest BCUT2D eigenvalue weighted by atomic mass is 32.1. The third-order valence-electron chi connectivity index (χ3n) is 4.99. The van der Waals surface area contributed by atoms with Crippen molar-refractivity contribution in [3.8, 4) is 6.07 Å². The first kappa shape index (κ1) is 16.7. The van der Waals surface area contributed by atoms with E-state index >= 15 is 0 Å². The molecular weight excluding hydrogens is 352 g/mol. The predicted molar refractivity (Wildman–Crippen MR) is 101 cm³/mol. The SMILES string of the molecule is N#Cc1ccsc1N1CCC(N2CCN(Cc3cccs3)CC2)C1=O. The van der Waals surface area contributed by atoms with Gasteiger partial charge in [-0.25, -0.2) is 0 Å². The molecule has 2 aliphatic heterocycles. The number of rotatable bonds is 4. The van der Waals surface area contributed by atoms with Gasteiger partial charge < -0.3 is 4.90 Å². The van der Waals surface area contributed by atoms with Gasteiger partial charge in [-0.2, -0.15) is 5.26 Å². The summed E-state index contributed by atoms with van der Waals surface area (Å²) in [4.78, 5) is 20.9. The van der Waals surface area contributed by atoms with Crippen LogP contribution in [0.15, 0.2) is 29.0 Å². The fraction of sp³-hybridized carbons (Fsp3) is 0.444. The topological polar surface area (TPSA) is 50.6 Å². The number of anilines is 1. The number of amides is 1. The maximum atomic E-state index is 12.9. The van der Waals surface area contributed by atoms with Gasteiger partial charge >= 0.3 is 0 Å². The lowest BCUT2D eigenvalue weighted by Crippen LogP contribution is -2.52. The van der Waals surface area contributed by atoms with Crippen LogP contribution >= 0.6 is 22.7 Å². The molecule has 0 radical (unpaired) electrons. The van der Waals surface area contributed by atoms with Crippen molar-refractivity contribution in [2.45, 2.75) is 19.0 Å². The van der Waals surface area contributed by atoms with Gasteiger partial charge in [-0.15, -0.1) is 22.7 Å². The largest absolute Gasteiger partial charge is 0.301 e. The Kier molecular flexibility index (Phi) is 4.86. The molecule has 2 aliphatic rings. The summed E-state index contributed by atoms with van der Waals surface area (Å²) in [5, 5.41) is 14.0. The van der Waals surface area contributed by atoms with Gasteiger partial charge in [0.05, 0.1) is 11.6 Å². The molecule has 4 rings (SSSR count). The Morgan fingerprint density at radius 1 is 1.12 bits per heavy atom. The maximum absolute atomic E-state index is 12.9. The van der Waals surface area contributed by atoms with Gasteiger partial charge in [0.25, 0.3) is 0 Å². The molecule has 25 heavy (non-hydrogen) atoms. The van der Waals surface area contributed by atoms with Gasteiger partial charge in [0.2, 0.25) is 5.91 Å². The number of carbonyl (C=O) groups excluding carboxylic acids is 1. The van der Waals surface area contributed by atoms with Crippen LogP contribution in [0.5, 0.6) is 0 Å². The Bertz CT molecular complexity index is 771. The van der Waals surface area contributed by atoms with Crippen LogP contribution in [-0.4, -0.2) is 54.5 Å². The number of piperazine rings is 1. The van der Waals surface area contributed by atoms with E-state index in [-0.39, 0.29) is 11.9 Å². The number of thiophene rings is 2. The lowest BCUT2D eigenvalue weighted by molar-refractivity contribution is -0.122. The normalized spacial score (nSPS) is 22.4. The first-order chi connectivity index (χ1) is 12.3. The third-order valence-corrected chi connectivity index (χ3v) is 6.79. The summed E-state index contributed by atoms with van der Waals surface area (Å²) in [7, 11) is 0. The van der Waals surface area contributed by atoms with E-state index in [1.165, 1.54) is 16.2 Å². The number of nitrogens with zero attached hydrogens (tertiary/aromatic N) is 4. The molecule has 0 aromatic carbocycles. The van der Waals surface area contributed by atoms with Crippen molar-refractivity contribution >= 4 is 33.6 Å². The molecule has 0 spiro atoms. The zero-order valence-corrected chi connectivity index (χ0v) is 15.6. The highest BCUT2D eigenvalue weighted by Gasteiger charge is 2.38. The summed E-state index contributed by atoms with van der Waals surface area (Å²) < 4.78 is 0. The summed E-state index contributed by atoms with van der Waals surface area (Å²) in [6.45, 7) is 5.61. The molecule has 0 N–H and O–H groups in total. The summed E-state index contributed by atoms with van der Waals surface area (Å²) in [5.41, 5.74) is 0.611. The van der Waals surface area contributed by atoms with E-state index in [4.69, 9.17) is 0 Å². The monoisotopic (exact) mass is 372 g/mol. The molecule has 0 saturated carbocycles. The van der Waals surface area contributed by atoms with Crippen LogP contribution in [0.3, 0.4) is 0 Å².